The molecule has 0 spiro atoms. The van der Waals surface area contributed by atoms with Crippen molar-refractivity contribution >= 4 is 28.1 Å². The fourth-order valence-electron chi connectivity index (χ4n) is 2.80. The zero-order valence-corrected chi connectivity index (χ0v) is 17.5. The Balaban J connectivity index is 2.39. The van der Waals surface area contributed by atoms with E-state index in [1.165, 1.54) is 5.48 Å². The number of carbonyl (C=O) groups excluding carboxylic acids is 2. The molecule has 0 fully saturated rings. The Bertz CT molecular complexity index is 914. The number of rotatable bonds is 9. The maximum absolute atomic E-state index is 12.9. The van der Waals surface area contributed by atoms with E-state index in [0.717, 1.165) is 11.8 Å². The molecule has 1 aromatic carbocycles. The Morgan fingerprint density at radius 3 is 2.47 bits per heavy atom. The molecule has 10 nitrogen and oxygen atoms in total. The Morgan fingerprint density at radius 1 is 1.27 bits per heavy atom. The first-order chi connectivity index (χ1) is 14.2. The normalized spacial score (nSPS) is 16.3. The minimum absolute atomic E-state index is 0.0609. The van der Waals surface area contributed by atoms with Crippen LogP contribution in [0.1, 0.15) is 38.7 Å². The summed E-state index contributed by atoms with van der Waals surface area (Å²) >= 11 is 0. The van der Waals surface area contributed by atoms with Crippen LogP contribution in [-0.4, -0.2) is 46.0 Å². The molecule has 0 aliphatic carbocycles. The SMILES string of the molecule is CC(C)CCC(=O)N([C@@H](CC=Cc1ccccc1)C(=O)NO)N1C(O)=CNS1(=O)=O. The number of nitrogens with one attached hydrogen (secondary N) is 2. The first-order valence-corrected chi connectivity index (χ1v) is 10.8. The fourth-order valence-corrected chi connectivity index (χ4v) is 3.89. The summed E-state index contributed by atoms with van der Waals surface area (Å²) in [5.74, 6) is -2.31. The average molecular weight is 439 g/mol. The van der Waals surface area contributed by atoms with E-state index in [9.17, 15) is 28.3 Å². The third-order valence-electron chi connectivity index (χ3n) is 4.32. The molecule has 1 aromatic rings. The molecule has 0 unspecified atom stereocenters. The Labute approximate surface area is 175 Å². The van der Waals surface area contributed by atoms with Crippen molar-refractivity contribution in [1.29, 1.82) is 0 Å². The fraction of sp³-hybridized carbons (Fsp3) is 0.368. The van der Waals surface area contributed by atoms with Gasteiger partial charge in [0.25, 0.3) is 5.91 Å². The molecule has 0 bridgehead atoms. The van der Waals surface area contributed by atoms with Crippen molar-refractivity contribution < 1.29 is 28.3 Å². The molecule has 11 heteroatoms. The van der Waals surface area contributed by atoms with Gasteiger partial charge in [-0.1, -0.05) is 56.3 Å². The van der Waals surface area contributed by atoms with E-state index >= 15 is 0 Å². The van der Waals surface area contributed by atoms with Crippen molar-refractivity contribution in [2.45, 2.75) is 39.2 Å². The number of hydrogen-bond acceptors (Lipinski definition) is 6. The molecule has 0 saturated carbocycles. The summed E-state index contributed by atoms with van der Waals surface area (Å²) in [4.78, 5) is 25.3. The van der Waals surface area contributed by atoms with Gasteiger partial charge in [0, 0.05) is 6.42 Å². The van der Waals surface area contributed by atoms with Gasteiger partial charge >= 0.3 is 10.2 Å². The van der Waals surface area contributed by atoms with Crippen LogP contribution in [-0.2, 0) is 19.8 Å². The third-order valence-corrected chi connectivity index (χ3v) is 5.56. The third kappa shape index (κ3) is 5.74. The molecule has 1 atom stereocenters. The van der Waals surface area contributed by atoms with Gasteiger partial charge in [-0.15, -0.1) is 4.41 Å². The van der Waals surface area contributed by atoms with E-state index < -0.39 is 33.9 Å². The lowest BCUT2D eigenvalue weighted by molar-refractivity contribution is -0.155. The van der Waals surface area contributed by atoms with Gasteiger partial charge in [-0.05, 0) is 24.3 Å². The molecule has 1 aliphatic rings. The highest BCUT2D eigenvalue weighted by atomic mass is 32.2. The smallest absolute Gasteiger partial charge is 0.344 e. The molecule has 1 aliphatic heterocycles. The van der Waals surface area contributed by atoms with Crippen molar-refractivity contribution in [3.05, 3.63) is 54.1 Å². The average Bonchev–Trinajstić information content (AvgIpc) is 2.98. The van der Waals surface area contributed by atoms with Gasteiger partial charge in [0.1, 0.15) is 6.04 Å². The van der Waals surface area contributed by atoms with E-state index in [2.05, 4.69) is 0 Å². The van der Waals surface area contributed by atoms with Gasteiger partial charge in [0.15, 0.2) is 0 Å². The topological polar surface area (TPSA) is 139 Å². The highest BCUT2D eigenvalue weighted by Crippen LogP contribution is 2.24. The number of nitrogens with zero attached hydrogens (tertiary/aromatic N) is 2. The quantitative estimate of drug-likeness (QED) is 0.341. The van der Waals surface area contributed by atoms with Crippen molar-refractivity contribution in [3.63, 3.8) is 0 Å². The number of aliphatic hydroxyl groups excluding tert-OH is 1. The van der Waals surface area contributed by atoms with Crippen LogP contribution in [0.4, 0.5) is 0 Å². The Kier molecular flexibility index (Phi) is 7.84. The Morgan fingerprint density at radius 2 is 1.93 bits per heavy atom. The van der Waals surface area contributed by atoms with Gasteiger partial charge in [0.2, 0.25) is 11.8 Å². The molecule has 1 heterocycles. The number of benzene rings is 1. The first-order valence-electron chi connectivity index (χ1n) is 9.36. The highest BCUT2D eigenvalue weighted by molar-refractivity contribution is 7.87. The number of hydroxylamine groups is 1. The van der Waals surface area contributed by atoms with Crippen molar-refractivity contribution in [2.24, 2.45) is 5.92 Å². The minimum Gasteiger partial charge on any atom is -0.492 e. The summed E-state index contributed by atoms with van der Waals surface area (Å²) in [5.41, 5.74) is 2.30. The number of carbonyl (C=O) groups is 2. The van der Waals surface area contributed by atoms with Crippen LogP contribution in [0.5, 0.6) is 0 Å². The van der Waals surface area contributed by atoms with Crippen molar-refractivity contribution in [2.75, 3.05) is 0 Å². The van der Waals surface area contributed by atoms with Gasteiger partial charge in [-0.2, -0.15) is 8.42 Å². The second kappa shape index (κ2) is 10.1. The number of hydrogen-bond donors (Lipinski definition) is 4. The van der Waals surface area contributed by atoms with Gasteiger partial charge in [-0.25, -0.2) is 10.5 Å². The summed E-state index contributed by atoms with van der Waals surface area (Å²) < 4.78 is 27.0. The molecule has 30 heavy (non-hydrogen) atoms. The monoisotopic (exact) mass is 438 g/mol. The minimum atomic E-state index is -4.32. The van der Waals surface area contributed by atoms with Crippen LogP contribution in [0, 0.1) is 5.92 Å². The van der Waals surface area contributed by atoms with Crippen LogP contribution >= 0.6 is 0 Å². The Hall–Kier alpha value is -3.05. The summed E-state index contributed by atoms with van der Waals surface area (Å²) in [6.07, 6.45) is 4.33. The summed E-state index contributed by atoms with van der Waals surface area (Å²) in [5, 5.41) is 19.9. The van der Waals surface area contributed by atoms with Crippen molar-refractivity contribution in [3.8, 4) is 0 Å². The molecule has 2 rings (SSSR count). The van der Waals surface area contributed by atoms with Crippen LogP contribution in [0.2, 0.25) is 0 Å². The van der Waals surface area contributed by atoms with E-state index in [1.54, 1.807) is 12.2 Å². The van der Waals surface area contributed by atoms with Crippen LogP contribution in [0.3, 0.4) is 0 Å². The highest BCUT2D eigenvalue weighted by Gasteiger charge is 2.43. The largest absolute Gasteiger partial charge is 0.492 e. The van der Waals surface area contributed by atoms with Crippen LogP contribution in [0.25, 0.3) is 6.08 Å². The number of hydrazine groups is 1. The summed E-state index contributed by atoms with van der Waals surface area (Å²) in [7, 11) is -4.32. The standard InChI is InChI=1S/C19H26N4O6S/c1-14(2)11-12-17(24)22(23-18(25)13-20-30(23,28)29)16(19(26)21-27)10-6-9-15-7-4-3-5-8-15/h3-9,13-14,16,20,25,27H,10-12H2,1-2H3,(H,21,26)/t16-/m0/s1. The van der Waals surface area contributed by atoms with Gasteiger partial charge in [0.05, 0.1) is 6.20 Å². The van der Waals surface area contributed by atoms with E-state index in [1.807, 2.05) is 48.9 Å². The molecule has 0 radical (unpaired) electrons. The molecule has 0 saturated heterocycles. The van der Waals surface area contributed by atoms with E-state index in [0.29, 0.717) is 15.8 Å². The van der Waals surface area contributed by atoms with Gasteiger partial charge < -0.3 is 5.11 Å². The molecule has 0 aromatic heterocycles. The maximum atomic E-state index is 12.9. The molecule has 164 valence electrons. The zero-order valence-electron chi connectivity index (χ0n) is 16.7. The predicted molar refractivity (Wildman–Crippen MR) is 109 cm³/mol. The lowest BCUT2D eigenvalue weighted by Gasteiger charge is -2.35. The number of aliphatic hydroxyl groups is 1. The molecular formula is C19H26N4O6S. The molecule has 2 amide bonds. The van der Waals surface area contributed by atoms with E-state index in [-0.39, 0.29) is 18.8 Å². The van der Waals surface area contributed by atoms with Gasteiger partial charge in [-0.3, -0.25) is 19.5 Å². The maximum Gasteiger partial charge on any atom is 0.344 e. The predicted octanol–water partition coefficient (Wildman–Crippen LogP) is 1.65. The lowest BCUT2D eigenvalue weighted by atomic mass is 10.1. The van der Waals surface area contributed by atoms with Crippen molar-refractivity contribution in [1.82, 2.24) is 19.6 Å². The van der Waals surface area contributed by atoms with Crippen LogP contribution in [0.15, 0.2) is 48.5 Å². The molecule has 4 N–H and O–H groups in total. The molecular weight excluding hydrogens is 412 g/mol. The zero-order chi connectivity index (χ0) is 22.3. The summed E-state index contributed by atoms with van der Waals surface area (Å²) in [6, 6.07) is 7.71. The first kappa shape index (κ1) is 23.2. The second-order valence-corrected chi connectivity index (χ2v) is 8.61. The summed E-state index contributed by atoms with van der Waals surface area (Å²) in [6.45, 7) is 3.79. The van der Waals surface area contributed by atoms with E-state index in [4.69, 9.17) is 0 Å². The lowest BCUT2D eigenvalue weighted by Crippen LogP contribution is -2.58. The second-order valence-electron chi connectivity index (χ2n) is 7.08. The number of amides is 2. The van der Waals surface area contributed by atoms with Crippen LogP contribution < -0.4 is 10.2 Å².